The number of para-hydroxylation sites is 1. The first-order valence-electron chi connectivity index (χ1n) is 6.17. The van der Waals surface area contributed by atoms with Crippen LogP contribution in [0.4, 0.5) is 5.69 Å². The highest BCUT2D eigenvalue weighted by Gasteiger charge is 2.14. The van der Waals surface area contributed by atoms with Gasteiger partial charge in [-0.1, -0.05) is 12.1 Å². The third-order valence-corrected chi connectivity index (χ3v) is 3.64. The van der Waals surface area contributed by atoms with Crippen LogP contribution in [0.3, 0.4) is 0 Å². The Labute approximate surface area is 129 Å². The van der Waals surface area contributed by atoms with E-state index in [1.54, 1.807) is 17.9 Å². The zero-order valence-electron chi connectivity index (χ0n) is 11.2. The van der Waals surface area contributed by atoms with Crippen LogP contribution in [0.25, 0.3) is 17.1 Å². The molecule has 106 valence electrons. The van der Waals surface area contributed by atoms with Gasteiger partial charge in [-0.2, -0.15) is 4.68 Å². The van der Waals surface area contributed by atoms with Crippen molar-refractivity contribution in [2.24, 2.45) is 0 Å². The average molecular weight is 346 g/mol. The lowest BCUT2D eigenvalue weighted by Gasteiger charge is -2.08. The van der Waals surface area contributed by atoms with Crippen LogP contribution in [0.15, 0.2) is 46.9 Å². The Morgan fingerprint density at radius 3 is 2.76 bits per heavy atom. The minimum Gasteiger partial charge on any atom is -0.497 e. The highest BCUT2D eigenvalue weighted by molar-refractivity contribution is 9.10. The van der Waals surface area contributed by atoms with Gasteiger partial charge in [-0.05, 0) is 50.6 Å². The molecule has 0 aliphatic rings. The molecular formula is C14H12BrN5O. The molecule has 2 aromatic carbocycles. The van der Waals surface area contributed by atoms with Gasteiger partial charge in [0.05, 0.1) is 12.8 Å². The normalized spacial score (nSPS) is 10.6. The number of rotatable bonds is 3. The van der Waals surface area contributed by atoms with Crippen molar-refractivity contribution in [3.63, 3.8) is 0 Å². The Morgan fingerprint density at radius 2 is 2.00 bits per heavy atom. The fourth-order valence-corrected chi connectivity index (χ4v) is 2.47. The number of methoxy groups -OCH3 is 1. The fraction of sp³-hybridized carbons (Fsp3) is 0.0714. The summed E-state index contributed by atoms with van der Waals surface area (Å²) in [5.74, 6) is 1.25. The molecule has 7 heteroatoms. The van der Waals surface area contributed by atoms with E-state index in [1.807, 2.05) is 36.4 Å². The van der Waals surface area contributed by atoms with Crippen molar-refractivity contribution in [2.45, 2.75) is 0 Å². The second kappa shape index (κ2) is 5.53. The molecule has 0 radical (unpaired) electrons. The summed E-state index contributed by atoms with van der Waals surface area (Å²) in [5, 5.41) is 11.9. The predicted octanol–water partition coefficient (Wildman–Crippen LogP) is 2.68. The summed E-state index contributed by atoms with van der Waals surface area (Å²) in [5.41, 5.74) is 8.11. The first kappa shape index (κ1) is 13.6. The lowest BCUT2D eigenvalue weighted by Crippen LogP contribution is -2.01. The molecule has 2 N–H and O–H groups in total. The Hall–Kier alpha value is -2.41. The number of nitrogen functional groups attached to an aromatic ring is 1. The highest BCUT2D eigenvalue weighted by Crippen LogP contribution is 2.28. The minimum atomic E-state index is 0.589. The number of anilines is 1. The van der Waals surface area contributed by atoms with Crippen LogP contribution in [0.1, 0.15) is 0 Å². The van der Waals surface area contributed by atoms with Crippen molar-refractivity contribution < 1.29 is 4.74 Å². The molecule has 0 atom stereocenters. The zero-order valence-corrected chi connectivity index (χ0v) is 12.8. The number of benzene rings is 2. The van der Waals surface area contributed by atoms with E-state index in [1.165, 1.54) is 0 Å². The Kier molecular flexibility index (Phi) is 3.57. The van der Waals surface area contributed by atoms with E-state index in [9.17, 15) is 0 Å². The molecule has 3 rings (SSSR count). The largest absolute Gasteiger partial charge is 0.497 e. The molecular weight excluding hydrogens is 334 g/mol. The molecule has 0 unspecified atom stereocenters. The molecule has 6 nitrogen and oxygen atoms in total. The second-order valence-electron chi connectivity index (χ2n) is 4.36. The monoisotopic (exact) mass is 345 g/mol. The molecule has 3 aromatic rings. The maximum absolute atomic E-state index is 5.89. The highest BCUT2D eigenvalue weighted by atomic mass is 79.9. The fourth-order valence-electron chi connectivity index (χ4n) is 2.02. The summed E-state index contributed by atoms with van der Waals surface area (Å²) >= 11 is 3.50. The molecule has 0 spiro atoms. The van der Waals surface area contributed by atoms with Crippen molar-refractivity contribution in [3.05, 3.63) is 46.9 Å². The molecule has 0 saturated carbocycles. The predicted molar refractivity (Wildman–Crippen MR) is 83.3 cm³/mol. The van der Waals surface area contributed by atoms with Crippen molar-refractivity contribution in [1.29, 1.82) is 0 Å². The van der Waals surface area contributed by atoms with Gasteiger partial charge in [0.1, 0.15) is 5.75 Å². The third kappa shape index (κ3) is 2.59. The molecule has 0 amide bonds. The van der Waals surface area contributed by atoms with Crippen LogP contribution in [0, 0.1) is 0 Å². The number of tetrazole rings is 1. The third-order valence-electron chi connectivity index (χ3n) is 2.97. The second-order valence-corrected chi connectivity index (χ2v) is 5.21. The summed E-state index contributed by atoms with van der Waals surface area (Å²) in [6.07, 6.45) is 0. The Morgan fingerprint density at radius 1 is 1.19 bits per heavy atom. The standard InChI is InChI=1S/C14H12BrN5O/c1-21-11-7-9(6-10(16)8-11)14-17-18-19-20(14)13-5-3-2-4-12(13)15/h2-8H,16H2,1H3. The molecule has 0 aliphatic heterocycles. The summed E-state index contributed by atoms with van der Waals surface area (Å²) < 4.78 is 7.78. The van der Waals surface area contributed by atoms with E-state index in [2.05, 4.69) is 31.5 Å². The van der Waals surface area contributed by atoms with Crippen molar-refractivity contribution in [2.75, 3.05) is 12.8 Å². The van der Waals surface area contributed by atoms with Gasteiger partial charge in [-0.15, -0.1) is 5.10 Å². The molecule has 0 saturated heterocycles. The van der Waals surface area contributed by atoms with Crippen LogP contribution in [0.2, 0.25) is 0 Å². The van der Waals surface area contributed by atoms with Gasteiger partial charge in [0.2, 0.25) is 0 Å². The van der Waals surface area contributed by atoms with Gasteiger partial charge in [0.15, 0.2) is 5.82 Å². The number of halogens is 1. The van der Waals surface area contributed by atoms with E-state index >= 15 is 0 Å². The van der Waals surface area contributed by atoms with E-state index in [4.69, 9.17) is 10.5 Å². The quantitative estimate of drug-likeness (QED) is 0.738. The van der Waals surface area contributed by atoms with Gasteiger partial charge in [-0.3, -0.25) is 0 Å². The smallest absolute Gasteiger partial charge is 0.187 e. The maximum atomic E-state index is 5.89. The first-order valence-corrected chi connectivity index (χ1v) is 6.96. The first-order chi connectivity index (χ1) is 10.2. The topological polar surface area (TPSA) is 78.8 Å². The van der Waals surface area contributed by atoms with E-state index < -0.39 is 0 Å². The van der Waals surface area contributed by atoms with Gasteiger partial charge in [-0.25, -0.2) is 0 Å². The number of hydrogen-bond acceptors (Lipinski definition) is 5. The van der Waals surface area contributed by atoms with Crippen molar-refractivity contribution in [1.82, 2.24) is 20.2 Å². The summed E-state index contributed by atoms with van der Waals surface area (Å²) in [6, 6.07) is 13.1. The summed E-state index contributed by atoms with van der Waals surface area (Å²) in [6.45, 7) is 0. The molecule has 0 bridgehead atoms. The number of hydrogen-bond donors (Lipinski definition) is 1. The van der Waals surface area contributed by atoms with Crippen molar-refractivity contribution >= 4 is 21.6 Å². The van der Waals surface area contributed by atoms with Crippen LogP contribution < -0.4 is 10.5 Å². The van der Waals surface area contributed by atoms with Gasteiger partial charge < -0.3 is 10.5 Å². The van der Waals surface area contributed by atoms with E-state index in [0.717, 1.165) is 15.7 Å². The van der Waals surface area contributed by atoms with Crippen LogP contribution >= 0.6 is 15.9 Å². The lowest BCUT2D eigenvalue weighted by atomic mass is 10.1. The summed E-state index contributed by atoms with van der Waals surface area (Å²) in [4.78, 5) is 0. The number of aromatic nitrogens is 4. The lowest BCUT2D eigenvalue weighted by molar-refractivity contribution is 0.415. The Bertz CT molecular complexity index is 787. The van der Waals surface area contributed by atoms with E-state index in [0.29, 0.717) is 17.3 Å². The van der Waals surface area contributed by atoms with Crippen molar-refractivity contribution in [3.8, 4) is 22.8 Å². The van der Waals surface area contributed by atoms with Crippen LogP contribution in [-0.4, -0.2) is 27.3 Å². The number of nitrogens with zero attached hydrogens (tertiary/aromatic N) is 4. The maximum Gasteiger partial charge on any atom is 0.187 e. The number of nitrogens with two attached hydrogens (primary N) is 1. The number of ether oxygens (including phenoxy) is 1. The molecule has 1 heterocycles. The molecule has 0 aliphatic carbocycles. The SMILES string of the molecule is COc1cc(N)cc(-c2nnnn2-c2ccccc2Br)c1. The van der Waals surface area contributed by atoms with Gasteiger partial charge in [0.25, 0.3) is 0 Å². The zero-order chi connectivity index (χ0) is 14.8. The van der Waals surface area contributed by atoms with Gasteiger partial charge >= 0.3 is 0 Å². The van der Waals surface area contributed by atoms with Crippen LogP contribution in [0.5, 0.6) is 5.75 Å². The van der Waals surface area contributed by atoms with Gasteiger partial charge in [0, 0.05) is 21.8 Å². The Balaban J connectivity index is 2.16. The molecule has 1 aromatic heterocycles. The molecule has 0 fully saturated rings. The average Bonchev–Trinajstić information content (AvgIpc) is 2.96. The minimum absolute atomic E-state index is 0.589. The molecule has 21 heavy (non-hydrogen) atoms. The summed E-state index contributed by atoms with van der Waals surface area (Å²) in [7, 11) is 1.59. The van der Waals surface area contributed by atoms with E-state index in [-0.39, 0.29) is 0 Å². The van der Waals surface area contributed by atoms with Crippen LogP contribution in [-0.2, 0) is 0 Å².